The zero-order valence-electron chi connectivity index (χ0n) is 8.32. The monoisotopic (exact) mass is 224 g/mol. The lowest BCUT2D eigenvalue weighted by atomic mass is 10.3. The summed E-state index contributed by atoms with van der Waals surface area (Å²) in [6, 6.07) is 4.56. The van der Waals surface area contributed by atoms with Gasteiger partial charge in [0.05, 0.1) is 6.10 Å². The van der Waals surface area contributed by atoms with Gasteiger partial charge in [-0.3, -0.25) is 0 Å². The molecule has 78 valence electrons. The van der Waals surface area contributed by atoms with E-state index in [1.807, 2.05) is 6.07 Å². The van der Waals surface area contributed by atoms with Gasteiger partial charge in [0.1, 0.15) is 11.8 Å². The molecule has 0 fully saturated rings. The summed E-state index contributed by atoms with van der Waals surface area (Å²) in [7, 11) is 0. The lowest BCUT2D eigenvalue weighted by Gasteiger charge is -2.07. The second-order valence-electron chi connectivity index (χ2n) is 3.12. The van der Waals surface area contributed by atoms with Gasteiger partial charge in [-0.2, -0.15) is 5.26 Å². The Morgan fingerprint density at radius 3 is 2.80 bits per heavy atom. The van der Waals surface area contributed by atoms with Crippen molar-refractivity contribution < 1.29 is 9.53 Å². The van der Waals surface area contributed by atoms with Crippen LogP contribution >= 0.6 is 11.6 Å². The summed E-state index contributed by atoms with van der Waals surface area (Å²) >= 11 is 5.71. The van der Waals surface area contributed by atoms with Gasteiger partial charge >= 0.3 is 5.97 Å². The number of halogens is 1. The molecule has 0 radical (unpaired) electrons. The van der Waals surface area contributed by atoms with Crippen molar-refractivity contribution in [1.82, 2.24) is 4.98 Å². The standard InChI is InChI=1S/C10H9ClN2O2/c1-6(2)15-10(14)9-4-7(11)3-8(5-12)13-9/h3-4,6H,1-2H3. The van der Waals surface area contributed by atoms with Crippen molar-refractivity contribution in [3.8, 4) is 6.07 Å². The number of esters is 1. The van der Waals surface area contributed by atoms with Crippen LogP contribution in [0.3, 0.4) is 0 Å². The number of hydrogen-bond donors (Lipinski definition) is 0. The fraction of sp³-hybridized carbons (Fsp3) is 0.300. The van der Waals surface area contributed by atoms with Gasteiger partial charge in [0, 0.05) is 5.02 Å². The van der Waals surface area contributed by atoms with Gasteiger partial charge in [-0.05, 0) is 26.0 Å². The SMILES string of the molecule is CC(C)OC(=O)c1cc(Cl)cc(C#N)n1. The number of carbonyl (C=O) groups is 1. The second-order valence-corrected chi connectivity index (χ2v) is 3.56. The van der Waals surface area contributed by atoms with E-state index in [4.69, 9.17) is 21.6 Å². The Kier molecular flexibility index (Phi) is 3.64. The van der Waals surface area contributed by atoms with E-state index in [9.17, 15) is 4.79 Å². The minimum atomic E-state index is -0.580. The minimum absolute atomic E-state index is 0.0488. The van der Waals surface area contributed by atoms with Crippen LogP contribution in [0.4, 0.5) is 0 Å². The van der Waals surface area contributed by atoms with Gasteiger partial charge in [0.15, 0.2) is 5.69 Å². The molecule has 0 bridgehead atoms. The van der Waals surface area contributed by atoms with E-state index in [1.54, 1.807) is 13.8 Å². The Bertz CT molecular complexity index is 424. The van der Waals surface area contributed by atoms with Gasteiger partial charge in [0.25, 0.3) is 0 Å². The number of nitrogens with zero attached hydrogens (tertiary/aromatic N) is 2. The summed E-state index contributed by atoms with van der Waals surface area (Å²) in [5.41, 5.74) is 0.144. The Balaban J connectivity index is 3.00. The van der Waals surface area contributed by atoms with Gasteiger partial charge in [-0.1, -0.05) is 11.6 Å². The normalized spacial score (nSPS) is 9.80. The average Bonchev–Trinajstić information content (AvgIpc) is 2.15. The van der Waals surface area contributed by atoms with E-state index >= 15 is 0 Å². The van der Waals surface area contributed by atoms with Crippen LogP contribution in [0.15, 0.2) is 12.1 Å². The van der Waals surface area contributed by atoms with Crippen molar-refractivity contribution in [2.75, 3.05) is 0 Å². The number of aromatic nitrogens is 1. The zero-order valence-corrected chi connectivity index (χ0v) is 9.08. The molecule has 0 atom stereocenters. The molecule has 4 nitrogen and oxygen atoms in total. The molecule has 5 heteroatoms. The van der Waals surface area contributed by atoms with Crippen molar-refractivity contribution in [2.24, 2.45) is 0 Å². The van der Waals surface area contributed by atoms with Crippen molar-refractivity contribution in [3.05, 3.63) is 28.5 Å². The first-order valence-electron chi connectivity index (χ1n) is 4.31. The van der Waals surface area contributed by atoms with Crippen LogP contribution in [-0.4, -0.2) is 17.1 Å². The zero-order chi connectivity index (χ0) is 11.4. The molecule has 0 unspecified atom stereocenters. The van der Waals surface area contributed by atoms with E-state index < -0.39 is 5.97 Å². The van der Waals surface area contributed by atoms with Gasteiger partial charge in [0.2, 0.25) is 0 Å². The summed E-state index contributed by atoms with van der Waals surface area (Å²) in [6.45, 7) is 3.46. The smallest absolute Gasteiger partial charge is 0.357 e. The summed E-state index contributed by atoms with van der Waals surface area (Å²) in [5.74, 6) is -0.580. The van der Waals surface area contributed by atoms with Gasteiger partial charge in [-0.25, -0.2) is 9.78 Å². The molecule has 1 rings (SSSR count). The molecule has 0 aliphatic rings. The third-order valence-electron chi connectivity index (χ3n) is 1.46. The highest BCUT2D eigenvalue weighted by Gasteiger charge is 2.12. The van der Waals surface area contributed by atoms with Crippen LogP contribution in [0.5, 0.6) is 0 Å². The summed E-state index contributed by atoms with van der Waals surface area (Å²) in [5, 5.41) is 8.92. The van der Waals surface area contributed by atoms with Crippen LogP contribution in [0.25, 0.3) is 0 Å². The minimum Gasteiger partial charge on any atom is -0.458 e. The van der Waals surface area contributed by atoms with Crippen LogP contribution in [0.2, 0.25) is 5.02 Å². The predicted molar refractivity (Wildman–Crippen MR) is 54.5 cm³/mol. The highest BCUT2D eigenvalue weighted by molar-refractivity contribution is 6.30. The number of hydrogen-bond acceptors (Lipinski definition) is 4. The van der Waals surface area contributed by atoms with E-state index in [2.05, 4.69) is 4.98 Å². The van der Waals surface area contributed by atoms with Gasteiger partial charge in [-0.15, -0.1) is 0 Å². The number of ether oxygens (including phenoxy) is 1. The molecule has 0 aliphatic carbocycles. The maximum atomic E-state index is 11.4. The molecule has 0 aliphatic heterocycles. The first kappa shape index (κ1) is 11.5. The van der Waals surface area contributed by atoms with Gasteiger partial charge < -0.3 is 4.74 Å². The first-order chi connectivity index (χ1) is 7.02. The molecule has 1 aromatic heterocycles. The molecular weight excluding hydrogens is 216 g/mol. The number of nitriles is 1. The van der Waals surface area contributed by atoms with E-state index in [-0.39, 0.29) is 22.5 Å². The fourth-order valence-corrected chi connectivity index (χ4v) is 1.14. The number of rotatable bonds is 2. The Morgan fingerprint density at radius 1 is 1.60 bits per heavy atom. The highest BCUT2D eigenvalue weighted by atomic mass is 35.5. The maximum absolute atomic E-state index is 11.4. The molecule has 1 heterocycles. The Morgan fingerprint density at radius 2 is 2.27 bits per heavy atom. The van der Waals surface area contributed by atoms with Crippen LogP contribution in [-0.2, 0) is 4.74 Å². The third-order valence-corrected chi connectivity index (χ3v) is 1.67. The molecule has 0 spiro atoms. The molecule has 0 saturated heterocycles. The van der Waals surface area contributed by atoms with Crippen LogP contribution in [0.1, 0.15) is 30.0 Å². The Labute approximate surface area is 92.4 Å². The van der Waals surface area contributed by atoms with E-state index in [1.165, 1.54) is 12.1 Å². The Hall–Kier alpha value is -1.60. The molecule has 0 saturated carbocycles. The van der Waals surface area contributed by atoms with E-state index in [0.29, 0.717) is 0 Å². The fourth-order valence-electron chi connectivity index (χ4n) is 0.933. The quantitative estimate of drug-likeness (QED) is 0.723. The lowest BCUT2D eigenvalue weighted by Crippen LogP contribution is -2.13. The van der Waals surface area contributed by atoms with Crippen LogP contribution in [0, 0.1) is 11.3 Å². The number of pyridine rings is 1. The molecule has 0 amide bonds. The molecule has 1 aromatic rings. The molecule has 15 heavy (non-hydrogen) atoms. The van der Waals surface area contributed by atoms with E-state index in [0.717, 1.165) is 0 Å². The molecule has 0 aromatic carbocycles. The summed E-state index contributed by atoms with van der Waals surface area (Å²) in [6.07, 6.45) is -0.233. The highest BCUT2D eigenvalue weighted by Crippen LogP contribution is 2.12. The molecular formula is C10H9ClN2O2. The predicted octanol–water partition coefficient (Wildman–Crippen LogP) is 2.17. The third kappa shape index (κ3) is 3.22. The average molecular weight is 225 g/mol. The molecule has 0 N–H and O–H groups in total. The van der Waals surface area contributed by atoms with Crippen LogP contribution < -0.4 is 0 Å². The largest absolute Gasteiger partial charge is 0.458 e. The summed E-state index contributed by atoms with van der Waals surface area (Å²) < 4.78 is 4.92. The first-order valence-corrected chi connectivity index (χ1v) is 4.69. The summed E-state index contributed by atoms with van der Waals surface area (Å²) in [4.78, 5) is 15.2. The lowest BCUT2D eigenvalue weighted by molar-refractivity contribution is 0.0371. The van der Waals surface area contributed by atoms with Crippen molar-refractivity contribution in [1.29, 1.82) is 5.26 Å². The van der Waals surface area contributed by atoms with Crippen molar-refractivity contribution in [3.63, 3.8) is 0 Å². The van der Waals surface area contributed by atoms with Crippen molar-refractivity contribution in [2.45, 2.75) is 20.0 Å². The maximum Gasteiger partial charge on any atom is 0.357 e. The number of carbonyl (C=O) groups excluding carboxylic acids is 1. The van der Waals surface area contributed by atoms with Crippen molar-refractivity contribution >= 4 is 17.6 Å². The second kappa shape index (κ2) is 4.76. The topological polar surface area (TPSA) is 63.0 Å².